The van der Waals surface area contributed by atoms with Crippen molar-refractivity contribution in [2.24, 2.45) is 0 Å². The van der Waals surface area contributed by atoms with Crippen LogP contribution in [0.2, 0.25) is 0 Å². The highest BCUT2D eigenvalue weighted by Gasteiger charge is 2.36. The van der Waals surface area contributed by atoms with E-state index in [9.17, 15) is 0 Å². The first kappa shape index (κ1) is 16.2. The fraction of sp³-hybridized carbons (Fsp3) is 0.476. The van der Waals surface area contributed by atoms with E-state index in [4.69, 9.17) is 9.72 Å². The molecule has 3 rings (SSSR count). The summed E-state index contributed by atoms with van der Waals surface area (Å²) in [5.41, 5.74) is 6.66. The summed E-state index contributed by atoms with van der Waals surface area (Å²) in [7, 11) is 1.71. The molecule has 2 nitrogen and oxygen atoms in total. The van der Waals surface area contributed by atoms with E-state index < -0.39 is 0 Å². The van der Waals surface area contributed by atoms with E-state index in [2.05, 4.69) is 58.0 Å². The zero-order valence-corrected chi connectivity index (χ0v) is 14.9. The smallest absolute Gasteiger partial charge is 0.0884 e. The summed E-state index contributed by atoms with van der Waals surface area (Å²) in [5, 5.41) is 0. The molecule has 0 N–H and O–H groups in total. The first-order valence-corrected chi connectivity index (χ1v) is 8.44. The van der Waals surface area contributed by atoms with Crippen LogP contribution in [0.15, 0.2) is 36.4 Å². The van der Waals surface area contributed by atoms with Gasteiger partial charge in [-0.2, -0.15) is 0 Å². The number of fused-ring (bicyclic) bond motifs is 1. The lowest BCUT2D eigenvalue weighted by Crippen LogP contribution is -2.33. The van der Waals surface area contributed by atoms with Crippen LogP contribution in [0, 0.1) is 0 Å². The molecule has 2 heteroatoms. The van der Waals surface area contributed by atoms with Crippen molar-refractivity contribution < 1.29 is 4.74 Å². The standard InChI is InChI=1S/C21H27NO/c1-20(2)11-12-21(3,4)18-13-15(9-10-17(18)20)19-8-6-7-16(22-19)14-23-5/h6-10,13H,11-12,14H2,1-5H3. The number of hydrogen-bond acceptors (Lipinski definition) is 2. The summed E-state index contributed by atoms with van der Waals surface area (Å²) in [6.45, 7) is 9.99. The number of ether oxygens (including phenoxy) is 1. The lowest BCUT2D eigenvalue weighted by molar-refractivity contribution is 0.181. The Morgan fingerprint density at radius 1 is 0.957 bits per heavy atom. The van der Waals surface area contributed by atoms with Crippen LogP contribution < -0.4 is 0 Å². The maximum absolute atomic E-state index is 5.21. The fourth-order valence-electron chi connectivity index (χ4n) is 3.62. The van der Waals surface area contributed by atoms with E-state index in [0.29, 0.717) is 6.61 Å². The van der Waals surface area contributed by atoms with Gasteiger partial charge in [0.25, 0.3) is 0 Å². The molecule has 1 aromatic heterocycles. The van der Waals surface area contributed by atoms with E-state index in [1.54, 1.807) is 7.11 Å². The van der Waals surface area contributed by atoms with Crippen LogP contribution >= 0.6 is 0 Å². The van der Waals surface area contributed by atoms with Crippen LogP contribution in [-0.2, 0) is 22.2 Å². The number of benzene rings is 1. The van der Waals surface area contributed by atoms with E-state index in [1.807, 2.05) is 6.07 Å². The SMILES string of the molecule is COCc1cccc(-c2ccc3c(c2)C(C)(C)CCC3(C)C)n1. The number of nitrogens with zero attached hydrogens (tertiary/aromatic N) is 1. The van der Waals surface area contributed by atoms with Gasteiger partial charge in [-0.05, 0) is 53.0 Å². The molecule has 1 aromatic carbocycles. The summed E-state index contributed by atoms with van der Waals surface area (Å²) >= 11 is 0. The number of rotatable bonds is 3. The molecule has 122 valence electrons. The van der Waals surface area contributed by atoms with Gasteiger partial charge in [0.15, 0.2) is 0 Å². The van der Waals surface area contributed by atoms with Crippen molar-refractivity contribution in [2.45, 2.75) is 58.0 Å². The number of methoxy groups -OCH3 is 1. The average molecular weight is 309 g/mol. The van der Waals surface area contributed by atoms with Gasteiger partial charge in [0.2, 0.25) is 0 Å². The molecule has 0 atom stereocenters. The van der Waals surface area contributed by atoms with Gasteiger partial charge >= 0.3 is 0 Å². The Kier molecular flexibility index (Phi) is 4.05. The van der Waals surface area contributed by atoms with Gasteiger partial charge < -0.3 is 4.74 Å². The van der Waals surface area contributed by atoms with Crippen molar-refractivity contribution >= 4 is 0 Å². The van der Waals surface area contributed by atoms with E-state index >= 15 is 0 Å². The zero-order chi connectivity index (χ0) is 16.7. The largest absolute Gasteiger partial charge is 0.378 e. The highest BCUT2D eigenvalue weighted by atomic mass is 16.5. The number of pyridine rings is 1. The minimum atomic E-state index is 0.227. The first-order valence-electron chi connectivity index (χ1n) is 8.44. The molecule has 0 bridgehead atoms. The summed E-state index contributed by atoms with van der Waals surface area (Å²) in [6, 6.07) is 13.1. The molecule has 23 heavy (non-hydrogen) atoms. The molecule has 0 saturated heterocycles. The van der Waals surface area contributed by atoms with Crippen molar-refractivity contribution in [1.29, 1.82) is 0 Å². The monoisotopic (exact) mass is 309 g/mol. The molecule has 1 aliphatic carbocycles. The van der Waals surface area contributed by atoms with E-state index in [1.165, 1.54) is 29.5 Å². The van der Waals surface area contributed by atoms with Crippen LogP contribution in [0.25, 0.3) is 11.3 Å². The third kappa shape index (κ3) is 3.05. The van der Waals surface area contributed by atoms with E-state index in [-0.39, 0.29) is 10.8 Å². The third-order valence-corrected chi connectivity index (χ3v) is 5.25. The van der Waals surface area contributed by atoms with Crippen molar-refractivity contribution in [3.05, 3.63) is 53.2 Å². The van der Waals surface area contributed by atoms with Crippen molar-refractivity contribution in [3.63, 3.8) is 0 Å². The molecule has 0 unspecified atom stereocenters. The van der Waals surface area contributed by atoms with Crippen molar-refractivity contribution in [3.8, 4) is 11.3 Å². The van der Waals surface area contributed by atoms with Gasteiger partial charge in [0.1, 0.15) is 0 Å². The lowest BCUT2D eigenvalue weighted by atomic mass is 9.63. The maximum Gasteiger partial charge on any atom is 0.0884 e. The number of hydrogen-bond donors (Lipinski definition) is 0. The summed E-state index contributed by atoms with van der Waals surface area (Å²) in [5.74, 6) is 0. The molecule has 0 spiro atoms. The van der Waals surface area contributed by atoms with Crippen molar-refractivity contribution in [2.75, 3.05) is 7.11 Å². The van der Waals surface area contributed by atoms with Gasteiger partial charge in [-0.25, -0.2) is 0 Å². The molecule has 1 aliphatic rings. The van der Waals surface area contributed by atoms with Crippen LogP contribution in [0.3, 0.4) is 0 Å². The second-order valence-corrected chi connectivity index (χ2v) is 7.98. The van der Waals surface area contributed by atoms with Gasteiger partial charge in [-0.3, -0.25) is 4.98 Å². The Morgan fingerprint density at radius 2 is 1.65 bits per heavy atom. The predicted octanol–water partition coefficient (Wildman–Crippen LogP) is 5.24. The Hall–Kier alpha value is -1.67. The first-order chi connectivity index (χ1) is 10.8. The Balaban J connectivity index is 2.08. The molecule has 0 aliphatic heterocycles. The molecule has 0 radical (unpaired) electrons. The van der Waals surface area contributed by atoms with Gasteiger partial charge in [-0.1, -0.05) is 45.9 Å². The van der Waals surface area contributed by atoms with Gasteiger partial charge in [0, 0.05) is 12.7 Å². The van der Waals surface area contributed by atoms with Crippen LogP contribution in [0.5, 0.6) is 0 Å². The molecule has 0 amide bonds. The van der Waals surface area contributed by atoms with Gasteiger partial charge in [-0.15, -0.1) is 0 Å². The summed E-state index contributed by atoms with van der Waals surface area (Å²) < 4.78 is 5.21. The fourth-order valence-corrected chi connectivity index (χ4v) is 3.62. The highest BCUT2D eigenvalue weighted by Crippen LogP contribution is 2.46. The Labute approximate surface area is 139 Å². The molecule has 0 saturated carbocycles. The zero-order valence-electron chi connectivity index (χ0n) is 14.9. The van der Waals surface area contributed by atoms with Gasteiger partial charge in [0.05, 0.1) is 18.0 Å². The maximum atomic E-state index is 5.21. The van der Waals surface area contributed by atoms with E-state index in [0.717, 1.165) is 11.4 Å². The minimum absolute atomic E-state index is 0.227. The lowest BCUT2D eigenvalue weighted by Gasteiger charge is -2.42. The summed E-state index contributed by atoms with van der Waals surface area (Å²) in [4.78, 5) is 4.74. The average Bonchev–Trinajstić information content (AvgIpc) is 2.52. The molecular weight excluding hydrogens is 282 g/mol. The molecule has 2 aromatic rings. The summed E-state index contributed by atoms with van der Waals surface area (Å²) in [6.07, 6.45) is 2.47. The topological polar surface area (TPSA) is 22.1 Å². The Bertz CT molecular complexity index is 716. The minimum Gasteiger partial charge on any atom is -0.378 e. The van der Waals surface area contributed by atoms with Crippen LogP contribution in [0.4, 0.5) is 0 Å². The third-order valence-electron chi connectivity index (χ3n) is 5.25. The molecular formula is C21H27NO. The number of aromatic nitrogens is 1. The molecule has 1 heterocycles. The predicted molar refractivity (Wildman–Crippen MR) is 95.7 cm³/mol. The normalized spacial score (nSPS) is 18.5. The van der Waals surface area contributed by atoms with Crippen LogP contribution in [-0.4, -0.2) is 12.1 Å². The highest BCUT2D eigenvalue weighted by molar-refractivity contribution is 5.63. The quantitative estimate of drug-likeness (QED) is 0.773. The van der Waals surface area contributed by atoms with Crippen LogP contribution in [0.1, 0.15) is 57.4 Å². The second-order valence-electron chi connectivity index (χ2n) is 7.98. The van der Waals surface area contributed by atoms with Crippen molar-refractivity contribution in [1.82, 2.24) is 4.98 Å². The second kappa shape index (κ2) is 5.76. The Morgan fingerprint density at radius 3 is 2.35 bits per heavy atom. The molecule has 0 fully saturated rings.